The molecular formula is C16H22N2O6. The third kappa shape index (κ3) is 2.28. The molecule has 0 radical (unpaired) electrons. The highest BCUT2D eigenvalue weighted by Gasteiger charge is 2.70. The quantitative estimate of drug-likeness (QED) is 0.508. The summed E-state index contributed by atoms with van der Waals surface area (Å²) in [6.45, 7) is 3.69. The minimum absolute atomic E-state index is 0.0243. The number of ketones is 1. The first-order valence-electron chi connectivity index (χ1n) is 7.92. The minimum atomic E-state index is -1.77. The van der Waals surface area contributed by atoms with E-state index in [0.29, 0.717) is 12.4 Å². The molecule has 2 rings (SSSR count). The summed E-state index contributed by atoms with van der Waals surface area (Å²) in [5.74, 6) is -3.85. The first-order chi connectivity index (χ1) is 11.3. The maximum atomic E-state index is 12.7. The largest absolute Gasteiger partial charge is 0.498 e. The van der Waals surface area contributed by atoms with Gasteiger partial charge in [-0.2, -0.15) is 0 Å². The van der Waals surface area contributed by atoms with Gasteiger partial charge in [0.1, 0.15) is 5.41 Å². The third-order valence-corrected chi connectivity index (χ3v) is 5.09. The Kier molecular flexibility index (Phi) is 4.68. The molecule has 1 fully saturated rings. The number of rotatable bonds is 6. The fourth-order valence-corrected chi connectivity index (χ4v) is 3.94. The number of allylic oxidation sites excluding steroid dienone is 2. The second-order valence-corrected chi connectivity index (χ2v) is 6.06. The Morgan fingerprint density at radius 2 is 1.83 bits per heavy atom. The van der Waals surface area contributed by atoms with Crippen molar-refractivity contribution >= 4 is 23.6 Å². The third-order valence-electron chi connectivity index (χ3n) is 5.09. The molecule has 8 heteroatoms. The van der Waals surface area contributed by atoms with Crippen LogP contribution in [-0.2, 0) is 28.7 Å². The minimum Gasteiger partial charge on any atom is -0.498 e. The zero-order chi connectivity index (χ0) is 18.1. The van der Waals surface area contributed by atoms with E-state index in [0.717, 1.165) is 0 Å². The summed E-state index contributed by atoms with van der Waals surface area (Å²) in [5, 5.41) is 0. The molecule has 0 aromatic heterocycles. The van der Waals surface area contributed by atoms with Crippen LogP contribution in [0.4, 0.5) is 0 Å². The zero-order valence-corrected chi connectivity index (χ0v) is 13.8. The van der Waals surface area contributed by atoms with Crippen LogP contribution in [0.5, 0.6) is 0 Å². The topological polar surface area (TPSA) is 139 Å². The van der Waals surface area contributed by atoms with Crippen molar-refractivity contribution in [2.75, 3.05) is 13.2 Å². The van der Waals surface area contributed by atoms with Crippen molar-refractivity contribution in [1.82, 2.24) is 0 Å². The summed E-state index contributed by atoms with van der Waals surface area (Å²) in [7, 11) is 0. The van der Waals surface area contributed by atoms with E-state index in [-0.39, 0.29) is 25.9 Å². The van der Waals surface area contributed by atoms with E-state index in [4.69, 9.17) is 20.9 Å². The highest BCUT2D eigenvalue weighted by atomic mass is 16.5. The molecule has 0 heterocycles. The number of primary amides is 2. The van der Waals surface area contributed by atoms with Crippen LogP contribution in [0.25, 0.3) is 0 Å². The molecule has 2 aliphatic carbocycles. The molecule has 24 heavy (non-hydrogen) atoms. The van der Waals surface area contributed by atoms with E-state index in [9.17, 15) is 19.2 Å². The molecular weight excluding hydrogens is 316 g/mol. The summed E-state index contributed by atoms with van der Waals surface area (Å²) < 4.78 is 10.4. The maximum Gasteiger partial charge on any atom is 0.321 e. The molecule has 3 atom stereocenters. The van der Waals surface area contributed by atoms with E-state index in [1.807, 2.05) is 0 Å². The van der Waals surface area contributed by atoms with Gasteiger partial charge < -0.3 is 20.9 Å². The molecule has 4 N–H and O–H groups in total. The van der Waals surface area contributed by atoms with Crippen LogP contribution in [0, 0.1) is 16.7 Å². The fourth-order valence-electron chi connectivity index (χ4n) is 3.94. The van der Waals surface area contributed by atoms with Gasteiger partial charge in [0.2, 0.25) is 11.8 Å². The number of ether oxygens (including phenoxy) is 2. The van der Waals surface area contributed by atoms with Crippen LogP contribution < -0.4 is 11.5 Å². The summed E-state index contributed by atoms with van der Waals surface area (Å²) in [6.07, 6.45) is 1.19. The molecule has 0 spiro atoms. The first-order valence-corrected chi connectivity index (χ1v) is 7.92. The summed E-state index contributed by atoms with van der Waals surface area (Å²) in [4.78, 5) is 49.6. The van der Waals surface area contributed by atoms with Crippen LogP contribution >= 0.6 is 0 Å². The van der Waals surface area contributed by atoms with Gasteiger partial charge in [-0.3, -0.25) is 19.2 Å². The predicted octanol–water partition coefficient (Wildman–Crippen LogP) is -0.204. The number of carbonyl (C=O) groups excluding carboxylic acids is 4. The lowest BCUT2D eigenvalue weighted by Gasteiger charge is -2.39. The number of nitrogens with two attached hydrogens (primary N) is 2. The predicted molar refractivity (Wildman–Crippen MR) is 81.9 cm³/mol. The van der Waals surface area contributed by atoms with Crippen molar-refractivity contribution in [3.05, 3.63) is 11.8 Å². The molecule has 1 saturated carbocycles. The van der Waals surface area contributed by atoms with Crippen molar-refractivity contribution in [2.24, 2.45) is 28.2 Å². The average Bonchev–Trinajstić information content (AvgIpc) is 2.86. The normalized spacial score (nSPS) is 31.8. The second kappa shape index (κ2) is 6.26. The number of esters is 1. The molecule has 0 saturated heterocycles. The zero-order valence-electron chi connectivity index (χ0n) is 13.8. The van der Waals surface area contributed by atoms with Gasteiger partial charge in [-0.05, 0) is 26.7 Å². The van der Waals surface area contributed by atoms with Gasteiger partial charge in [0.15, 0.2) is 11.2 Å². The van der Waals surface area contributed by atoms with Crippen LogP contribution in [0.15, 0.2) is 11.8 Å². The Bertz CT molecular complexity index is 628. The standard InChI is InChI=1S/C16H22N2O6/c1-3-23-9-7-10-15(12(17)20,11(19)8-9)5-6-16(10,13(18)21)14(22)24-4-2/h8,10H,3-7H2,1-2H3,(H2,17,20)(H2,18,21)/t10-,15-,16-/m1/s1. The first kappa shape index (κ1) is 18.0. The number of amides is 2. The monoisotopic (exact) mass is 338 g/mol. The maximum absolute atomic E-state index is 12.7. The van der Waals surface area contributed by atoms with Crippen molar-refractivity contribution in [2.45, 2.75) is 33.1 Å². The molecule has 0 unspecified atom stereocenters. The lowest BCUT2D eigenvalue weighted by molar-refractivity contribution is -0.165. The van der Waals surface area contributed by atoms with Crippen molar-refractivity contribution in [3.8, 4) is 0 Å². The Balaban J connectivity index is 2.61. The highest BCUT2D eigenvalue weighted by Crippen LogP contribution is 2.59. The van der Waals surface area contributed by atoms with Crippen LogP contribution in [0.1, 0.15) is 33.1 Å². The van der Waals surface area contributed by atoms with E-state index in [1.165, 1.54) is 6.08 Å². The van der Waals surface area contributed by atoms with E-state index in [1.54, 1.807) is 13.8 Å². The van der Waals surface area contributed by atoms with Gasteiger partial charge >= 0.3 is 5.97 Å². The average molecular weight is 338 g/mol. The molecule has 132 valence electrons. The molecule has 8 nitrogen and oxygen atoms in total. The second-order valence-electron chi connectivity index (χ2n) is 6.06. The Hall–Kier alpha value is -2.38. The number of hydrogen-bond donors (Lipinski definition) is 2. The number of carbonyl (C=O) groups is 4. The molecule has 2 amide bonds. The van der Waals surface area contributed by atoms with Gasteiger partial charge in [-0.15, -0.1) is 0 Å². The van der Waals surface area contributed by atoms with Gasteiger partial charge in [0, 0.05) is 18.4 Å². The van der Waals surface area contributed by atoms with Crippen molar-refractivity contribution < 1.29 is 28.7 Å². The Morgan fingerprint density at radius 1 is 1.17 bits per heavy atom. The number of hydrogen-bond acceptors (Lipinski definition) is 6. The van der Waals surface area contributed by atoms with Gasteiger partial charge in [0.05, 0.1) is 19.0 Å². The van der Waals surface area contributed by atoms with Crippen LogP contribution in [0.3, 0.4) is 0 Å². The SMILES string of the molecule is CCOC(=O)[C@]1(C(N)=O)CC[C@]2(C(N)=O)C(=O)C=C(OCC)C[C@H]21. The van der Waals surface area contributed by atoms with Crippen LogP contribution in [-0.4, -0.2) is 36.8 Å². The van der Waals surface area contributed by atoms with Gasteiger partial charge in [-0.25, -0.2) is 0 Å². The molecule has 2 aliphatic rings. The van der Waals surface area contributed by atoms with Crippen molar-refractivity contribution in [3.63, 3.8) is 0 Å². The summed E-state index contributed by atoms with van der Waals surface area (Å²) >= 11 is 0. The number of fused-ring (bicyclic) bond motifs is 1. The van der Waals surface area contributed by atoms with E-state index < -0.39 is 40.3 Å². The van der Waals surface area contributed by atoms with E-state index in [2.05, 4.69) is 0 Å². The van der Waals surface area contributed by atoms with Crippen LogP contribution in [0.2, 0.25) is 0 Å². The van der Waals surface area contributed by atoms with Gasteiger partial charge in [0.25, 0.3) is 0 Å². The summed E-state index contributed by atoms with van der Waals surface area (Å²) in [5.41, 5.74) is 7.64. The summed E-state index contributed by atoms with van der Waals surface area (Å²) in [6, 6.07) is 0. The Morgan fingerprint density at radius 3 is 2.33 bits per heavy atom. The lowest BCUT2D eigenvalue weighted by Crippen LogP contribution is -2.56. The van der Waals surface area contributed by atoms with Crippen molar-refractivity contribution in [1.29, 1.82) is 0 Å². The fraction of sp³-hybridized carbons (Fsp3) is 0.625. The molecule has 0 bridgehead atoms. The van der Waals surface area contributed by atoms with Gasteiger partial charge in [-0.1, -0.05) is 0 Å². The Labute approximate surface area is 139 Å². The molecule has 0 aromatic rings. The molecule has 0 aliphatic heterocycles. The molecule has 0 aromatic carbocycles. The lowest BCUT2D eigenvalue weighted by atomic mass is 9.62. The van der Waals surface area contributed by atoms with E-state index >= 15 is 0 Å². The smallest absolute Gasteiger partial charge is 0.321 e. The highest BCUT2D eigenvalue weighted by molar-refractivity contribution is 6.15.